The van der Waals surface area contributed by atoms with E-state index in [1.165, 1.54) is 0 Å². The summed E-state index contributed by atoms with van der Waals surface area (Å²) in [5.41, 5.74) is 1.99. The molecule has 4 rings (SSSR count). The third kappa shape index (κ3) is 4.37. The third-order valence-corrected chi connectivity index (χ3v) is 6.04. The van der Waals surface area contributed by atoms with Crippen LogP contribution in [0.15, 0.2) is 36.5 Å². The number of aromatic nitrogens is 3. The highest BCUT2D eigenvalue weighted by Crippen LogP contribution is 2.36. The van der Waals surface area contributed by atoms with E-state index in [9.17, 15) is 14.7 Å². The number of hydrogen-bond donors (Lipinski definition) is 2. The van der Waals surface area contributed by atoms with Crippen LogP contribution in [-0.4, -0.2) is 32.1 Å². The molecule has 7 nitrogen and oxygen atoms in total. The van der Waals surface area contributed by atoms with Gasteiger partial charge in [-0.3, -0.25) is 9.48 Å². The van der Waals surface area contributed by atoms with Crippen LogP contribution in [0, 0.1) is 12.8 Å². The fraction of sp³-hybridized carbons (Fsp3) is 0.417. The van der Waals surface area contributed by atoms with Crippen LogP contribution in [0.5, 0.6) is 0 Å². The first-order chi connectivity index (χ1) is 14.8. The second-order valence-corrected chi connectivity index (χ2v) is 8.93. The Morgan fingerprint density at radius 3 is 2.61 bits per heavy atom. The van der Waals surface area contributed by atoms with E-state index < -0.39 is 5.60 Å². The minimum Gasteiger partial charge on any atom is -0.386 e. The van der Waals surface area contributed by atoms with Gasteiger partial charge in [-0.25, -0.2) is 4.98 Å². The van der Waals surface area contributed by atoms with Gasteiger partial charge in [-0.15, -0.1) is 0 Å². The Balaban J connectivity index is 1.70. The number of pyridine rings is 1. The van der Waals surface area contributed by atoms with Crippen LogP contribution in [-0.2, 0) is 10.4 Å². The predicted molar refractivity (Wildman–Crippen MR) is 119 cm³/mol. The number of nitrogens with one attached hydrogen (secondary N) is 1. The number of carbonyl (C=O) groups is 2. The van der Waals surface area contributed by atoms with Crippen molar-refractivity contribution < 1.29 is 14.7 Å². The molecule has 7 heteroatoms. The van der Waals surface area contributed by atoms with Crippen LogP contribution in [0.25, 0.3) is 10.9 Å². The first-order valence-corrected chi connectivity index (χ1v) is 10.7. The lowest BCUT2D eigenvalue weighted by molar-refractivity contribution is -0.112. The van der Waals surface area contributed by atoms with Crippen LogP contribution in [0.1, 0.15) is 67.3 Å². The average molecular weight is 421 g/mol. The topological polar surface area (TPSA) is 97.1 Å². The van der Waals surface area contributed by atoms with Crippen molar-refractivity contribution in [3.63, 3.8) is 0 Å². The number of nitrogens with zero attached hydrogens (tertiary/aromatic N) is 3. The summed E-state index contributed by atoms with van der Waals surface area (Å²) in [6.45, 7) is 5.23. The van der Waals surface area contributed by atoms with Crippen molar-refractivity contribution in [2.75, 3.05) is 5.32 Å². The summed E-state index contributed by atoms with van der Waals surface area (Å²) in [5.74, 6) is -0.185. The zero-order valence-electron chi connectivity index (χ0n) is 18.1. The number of fused-ring (bicyclic) bond motifs is 1. The molecule has 0 atom stereocenters. The summed E-state index contributed by atoms with van der Waals surface area (Å²) in [6.07, 6.45) is 6.37. The highest BCUT2D eigenvalue weighted by Gasteiger charge is 2.27. The number of aliphatic hydroxyl groups is 1. The van der Waals surface area contributed by atoms with Gasteiger partial charge in [0, 0.05) is 28.2 Å². The fourth-order valence-corrected chi connectivity index (χ4v) is 4.33. The third-order valence-electron chi connectivity index (χ3n) is 6.04. The van der Waals surface area contributed by atoms with Crippen molar-refractivity contribution in [1.82, 2.24) is 14.8 Å². The van der Waals surface area contributed by atoms with Crippen molar-refractivity contribution in [2.24, 2.45) is 5.92 Å². The Kier molecular flexibility index (Phi) is 5.62. The molecule has 3 aromatic rings. The molecule has 2 N–H and O–H groups in total. The van der Waals surface area contributed by atoms with E-state index in [0.717, 1.165) is 48.6 Å². The van der Waals surface area contributed by atoms with Crippen molar-refractivity contribution in [3.05, 3.63) is 53.5 Å². The summed E-state index contributed by atoms with van der Waals surface area (Å²) in [5, 5.41) is 19.2. The fourth-order valence-electron chi connectivity index (χ4n) is 4.33. The van der Waals surface area contributed by atoms with E-state index in [2.05, 4.69) is 15.4 Å². The number of benzene rings is 1. The number of aldehydes is 1. The Labute approximate surface area is 181 Å². The highest BCUT2D eigenvalue weighted by molar-refractivity contribution is 6.04. The summed E-state index contributed by atoms with van der Waals surface area (Å²) >= 11 is 0. The van der Waals surface area contributed by atoms with Crippen LogP contribution in [0.4, 0.5) is 5.69 Å². The van der Waals surface area contributed by atoms with E-state index in [4.69, 9.17) is 0 Å². The lowest BCUT2D eigenvalue weighted by Gasteiger charge is -2.27. The summed E-state index contributed by atoms with van der Waals surface area (Å²) in [4.78, 5) is 28.2. The molecule has 0 spiro atoms. The number of hydrogen-bond acceptors (Lipinski definition) is 5. The minimum atomic E-state index is -1.17. The van der Waals surface area contributed by atoms with Crippen molar-refractivity contribution in [2.45, 2.75) is 58.1 Å². The molecule has 2 heterocycles. The summed E-state index contributed by atoms with van der Waals surface area (Å²) in [7, 11) is 0. The van der Waals surface area contributed by atoms with Crippen LogP contribution in [0.2, 0.25) is 0 Å². The SMILES string of the molecule is Cc1cccc(C(=O)Nc2cc3cnn([C@H]4CC[C@H](C=O)CC4)c3cc2C(C)(C)O)n1. The molecule has 0 radical (unpaired) electrons. The molecule has 0 unspecified atom stereocenters. The highest BCUT2D eigenvalue weighted by atomic mass is 16.3. The van der Waals surface area contributed by atoms with Crippen molar-refractivity contribution in [1.29, 1.82) is 0 Å². The minimum absolute atomic E-state index is 0.141. The second kappa shape index (κ2) is 8.23. The molecule has 0 saturated heterocycles. The molecular weight excluding hydrogens is 392 g/mol. The van der Waals surface area contributed by atoms with E-state index in [0.29, 0.717) is 16.9 Å². The van der Waals surface area contributed by atoms with Gasteiger partial charge < -0.3 is 15.2 Å². The van der Waals surface area contributed by atoms with E-state index in [1.807, 2.05) is 29.8 Å². The first kappa shape index (κ1) is 21.2. The lowest BCUT2D eigenvalue weighted by atomic mass is 9.87. The molecule has 1 fully saturated rings. The maximum atomic E-state index is 12.8. The molecular formula is C24H28N4O3. The van der Waals surface area contributed by atoms with Gasteiger partial charge >= 0.3 is 0 Å². The largest absolute Gasteiger partial charge is 0.386 e. The van der Waals surface area contributed by atoms with Gasteiger partial charge in [0.05, 0.1) is 23.4 Å². The maximum Gasteiger partial charge on any atom is 0.274 e. The molecule has 31 heavy (non-hydrogen) atoms. The van der Waals surface area contributed by atoms with Crippen LogP contribution >= 0.6 is 0 Å². The predicted octanol–water partition coefficient (Wildman–Crippen LogP) is 4.15. The zero-order valence-corrected chi connectivity index (χ0v) is 18.1. The van der Waals surface area contributed by atoms with E-state index >= 15 is 0 Å². The molecule has 0 bridgehead atoms. The Morgan fingerprint density at radius 2 is 1.97 bits per heavy atom. The van der Waals surface area contributed by atoms with Crippen molar-refractivity contribution in [3.8, 4) is 0 Å². The zero-order chi connectivity index (χ0) is 22.2. The number of aryl methyl sites for hydroxylation is 1. The van der Waals surface area contributed by atoms with E-state index in [-0.39, 0.29) is 17.9 Å². The number of carbonyl (C=O) groups excluding carboxylic acids is 2. The first-order valence-electron chi connectivity index (χ1n) is 10.7. The van der Waals surface area contributed by atoms with Gasteiger partial charge in [0.25, 0.3) is 5.91 Å². The quantitative estimate of drug-likeness (QED) is 0.605. The lowest BCUT2D eigenvalue weighted by Crippen LogP contribution is -2.22. The van der Waals surface area contributed by atoms with Gasteiger partial charge in [0.1, 0.15) is 12.0 Å². The number of amides is 1. The summed E-state index contributed by atoms with van der Waals surface area (Å²) < 4.78 is 2.00. The average Bonchev–Trinajstić information content (AvgIpc) is 3.15. The van der Waals surface area contributed by atoms with Crippen LogP contribution < -0.4 is 5.32 Å². The molecule has 1 saturated carbocycles. The molecule has 1 amide bonds. The van der Waals surface area contributed by atoms with Gasteiger partial charge in [-0.05, 0) is 70.7 Å². The normalized spacial score (nSPS) is 19.4. The Bertz CT molecular complexity index is 1120. The van der Waals surface area contributed by atoms with Crippen molar-refractivity contribution >= 4 is 28.8 Å². The number of anilines is 1. The van der Waals surface area contributed by atoms with Gasteiger partial charge in [0.15, 0.2) is 0 Å². The number of rotatable bonds is 5. The molecule has 162 valence electrons. The molecule has 2 aromatic heterocycles. The molecule has 1 aromatic carbocycles. The van der Waals surface area contributed by atoms with E-state index in [1.54, 1.807) is 32.2 Å². The van der Waals surface area contributed by atoms with Gasteiger partial charge in [0.2, 0.25) is 0 Å². The standard InChI is InChI=1S/C24H28N4O3/c1-15-5-4-6-20(26-15)23(30)27-21-11-17-13-25-28(18-9-7-16(14-29)8-10-18)22(17)12-19(21)24(2,3)31/h4-6,11-14,16,18,31H,7-10H2,1-3H3,(H,27,30)/t16-,18-. The molecule has 1 aliphatic carbocycles. The smallest absolute Gasteiger partial charge is 0.274 e. The van der Waals surface area contributed by atoms with Crippen LogP contribution in [0.3, 0.4) is 0 Å². The van der Waals surface area contributed by atoms with Gasteiger partial charge in [-0.2, -0.15) is 5.10 Å². The Morgan fingerprint density at radius 1 is 1.23 bits per heavy atom. The molecule has 0 aliphatic heterocycles. The summed E-state index contributed by atoms with van der Waals surface area (Å²) in [6, 6.07) is 9.28. The Hall–Kier alpha value is -3.06. The monoisotopic (exact) mass is 420 g/mol. The molecule has 1 aliphatic rings. The maximum absolute atomic E-state index is 12.8. The second-order valence-electron chi connectivity index (χ2n) is 8.93. The van der Waals surface area contributed by atoms with Gasteiger partial charge in [-0.1, -0.05) is 6.07 Å².